The molecule has 0 radical (unpaired) electrons. The van der Waals surface area contributed by atoms with Crippen LogP contribution in [0, 0.1) is 6.92 Å². The minimum atomic E-state index is -0.0811. The third kappa shape index (κ3) is 1.99. The summed E-state index contributed by atoms with van der Waals surface area (Å²) in [5.41, 5.74) is 2.92. The van der Waals surface area contributed by atoms with Crippen molar-refractivity contribution in [3.8, 4) is 11.4 Å². The van der Waals surface area contributed by atoms with Gasteiger partial charge in [0.15, 0.2) is 0 Å². The lowest BCUT2D eigenvalue weighted by Crippen LogP contribution is -2.09. The number of H-pyrrole nitrogens is 1. The maximum atomic E-state index is 11.4. The summed E-state index contributed by atoms with van der Waals surface area (Å²) >= 11 is 1.62. The van der Waals surface area contributed by atoms with Crippen molar-refractivity contribution < 1.29 is 0 Å². The van der Waals surface area contributed by atoms with Gasteiger partial charge in [0.25, 0.3) is 5.56 Å². The van der Waals surface area contributed by atoms with Gasteiger partial charge in [-0.1, -0.05) is 6.92 Å². The molecule has 2 heterocycles. The van der Waals surface area contributed by atoms with Gasteiger partial charge in [0, 0.05) is 22.7 Å². The maximum absolute atomic E-state index is 11.4. The minimum absolute atomic E-state index is 0.0811. The number of hydrogen-bond acceptors (Lipinski definition) is 3. The molecule has 4 heteroatoms. The Morgan fingerprint density at radius 2 is 2.27 bits per heavy atom. The molecule has 2 aromatic heterocycles. The Morgan fingerprint density at radius 1 is 1.47 bits per heavy atom. The molecule has 2 rings (SSSR count). The Balaban J connectivity index is 2.58. The number of nitrogens with one attached hydrogen (secondary N) is 1. The van der Waals surface area contributed by atoms with Crippen LogP contribution >= 0.6 is 11.3 Å². The van der Waals surface area contributed by atoms with Gasteiger partial charge in [0.2, 0.25) is 0 Å². The van der Waals surface area contributed by atoms with E-state index in [1.165, 1.54) is 0 Å². The molecule has 0 aliphatic carbocycles. The van der Waals surface area contributed by atoms with E-state index in [1.807, 2.05) is 24.6 Å². The van der Waals surface area contributed by atoms with Crippen molar-refractivity contribution in [1.82, 2.24) is 9.97 Å². The minimum Gasteiger partial charge on any atom is -0.306 e. The van der Waals surface area contributed by atoms with E-state index in [0.29, 0.717) is 5.82 Å². The van der Waals surface area contributed by atoms with Crippen LogP contribution in [0.1, 0.15) is 18.2 Å². The standard InChI is InChI=1S/C11H12N2OS/c1-3-8-4-10(14)13-11(12-8)9-6-15-5-7(9)2/h4-6H,3H2,1-2H3,(H,12,13,14). The van der Waals surface area contributed by atoms with E-state index in [1.54, 1.807) is 17.4 Å². The van der Waals surface area contributed by atoms with Crippen molar-refractivity contribution in [2.24, 2.45) is 0 Å². The third-order valence-corrected chi connectivity index (χ3v) is 3.13. The van der Waals surface area contributed by atoms with Crippen LogP contribution in [0.2, 0.25) is 0 Å². The number of thiophene rings is 1. The van der Waals surface area contributed by atoms with Crippen molar-refractivity contribution in [1.29, 1.82) is 0 Å². The lowest BCUT2D eigenvalue weighted by atomic mass is 10.2. The second-order valence-corrected chi connectivity index (χ2v) is 4.15. The number of nitrogens with zero attached hydrogens (tertiary/aromatic N) is 1. The van der Waals surface area contributed by atoms with Gasteiger partial charge in [-0.3, -0.25) is 4.79 Å². The van der Waals surface area contributed by atoms with Gasteiger partial charge in [-0.2, -0.15) is 11.3 Å². The topological polar surface area (TPSA) is 45.8 Å². The van der Waals surface area contributed by atoms with Crippen LogP contribution in [-0.2, 0) is 6.42 Å². The lowest BCUT2D eigenvalue weighted by molar-refractivity contribution is 0.987. The summed E-state index contributed by atoms with van der Waals surface area (Å²) in [6, 6.07) is 1.55. The van der Waals surface area contributed by atoms with Crippen LogP contribution in [0.5, 0.6) is 0 Å². The molecular formula is C11H12N2OS. The summed E-state index contributed by atoms with van der Waals surface area (Å²) in [5.74, 6) is 0.679. The monoisotopic (exact) mass is 220 g/mol. The summed E-state index contributed by atoms with van der Waals surface area (Å²) < 4.78 is 0. The highest BCUT2D eigenvalue weighted by molar-refractivity contribution is 7.08. The molecule has 0 aliphatic rings. The molecule has 0 saturated heterocycles. The van der Waals surface area contributed by atoms with Gasteiger partial charge in [0.1, 0.15) is 5.82 Å². The molecule has 0 fully saturated rings. The van der Waals surface area contributed by atoms with Gasteiger partial charge in [-0.25, -0.2) is 4.98 Å². The smallest absolute Gasteiger partial charge is 0.251 e. The quantitative estimate of drug-likeness (QED) is 0.844. The van der Waals surface area contributed by atoms with E-state index in [-0.39, 0.29) is 5.56 Å². The van der Waals surface area contributed by atoms with Gasteiger partial charge < -0.3 is 4.98 Å². The van der Waals surface area contributed by atoms with Crippen LogP contribution in [0.15, 0.2) is 21.6 Å². The highest BCUT2D eigenvalue weighted by Crippen LogP contribution is 2.22. The van der Waals surface area contributed by atoms with Crippen molar-refractivity contribution in [2.45, 2.75) is 20.3 Å². The lowest BCUT2D eigenvalue weighted by Gasteiger charge is -2.01. The number of aromatic amines is 1. The number of hydrogen-bond donors (Lipinski definition) is 1. The summed E-state index contributed by atoms with van der Waals surface area (Å²) in [6.45, 7) is 4.01. The number of aryl methyl sites for hydroxylation is 2. The van der Waals surface area contributed by atoms with E-state index in [4.69, 9.17) is 0 Å². The molecule has 0 bridgehead atoms. The zero-order valence-corrected chi connectivity index (χ0v) is 9.52. The van der Waals surface area contributed by atoms with E-state index in [9.17, 15) is 4.79 Å². The zero-order valence-electron chi connectivity index (χ0n) is 8.70. The van der Waals surface area contributed by atoms with E-state index in [2.05, 4.69) is 9.97 Å². The SMILES string of the molecule is CCc1cc(=O)[nH]c(-c2cscc2C)n1. The van der Waals surface area contributed by atoms with Crippen LogP contribution < -0.4 is 5.56 Å². The van der Waals surface area contributed by atoms with Crippen molar-refractivity contribution in [3.63, 3.8) is 0 Å². The Hall–Kier alpha value is -1.42. The van der Waals surface area contributed by atoms with Crippen LogP contribution in [0.25, 0.3) is 11.4 Å². The van der Waals surface area contributed by atoms with Gasteiger partial charge in [0.05, 0.1) is 0 Å². The van der Waals surface area contributed by atoms with Crippen molar-refractivity contribution in [2.75, 3.05) is 0 Å². The molecule has 0 aliphatic heterocycles. The molecule has 0 amide bonds. The molecule has 1 N–H and O–H groups in total. The summed E-state index contributed by atoms with van der Waals surface area (Å²) in [7, 11) is 0. The average Bonchev–Trinajstić information content (AvgIpc) is 2.63. The third-order valence-electron chi connectivity index (χ3n) is 2.27. The highest BCUT2D eigenvalue weighted by atomic mass is 32.1. The summed E-state index contributed by atoms with van der Waals surface area (Å²) in [4.78, 5) is 18.6. The molecule has 0 spiro atoms. The Labute approximate surface area is 91.8 Å². The molecule has 3 nitrogen and oxygen atoms in total. The van der Waals surface area contributed by atoms with Gasteiger partial charge in [-0.15, -0.1) is 0 Å². The van der Waals surface area contributed by atoms with Crippen molar-refractivity contribution in [3.05, 3.63) is 38.4 Å². The predicted octanol–water partition coefficient (Wildman–Crippen LogP) is 2.37. The Morgan fingerprint density at radius 3 is 2.87 bits per heavy atom. The first-order valence-corrected chi connectivity index (χ1v) is 5.78. The first-order chi connectivity index (χ1) is 7.20. The normalized spacial score (nSPS) is 10.5. The molecule has 2 aromatic rings. The fraction of sp³-hybridized carbons (Fsp3) is 0.273. The van der Waals surface area contributed by atoms with Gasteiger partial charge >= 0.3 is 0 Å². The molecule has 78 valence electrons. The zero-order chi connectivity index (χ0) is 10.8. The van der Waals surface area contributed by atoms with E-state index >= 15 is 0 Å². The van der Waals surface area contributed by atoms with E-state index < -0.39 is 0 Å². The first-order valence-electron chi connectivity index (χ1n) is 4.84. The molecule has 0 aromatic carbocycles. The largest absolute Gasteiger partial charge is 0.306 e. The van der Waals surface area contributed by atoms with Crippen LogP contribution in [0.3, 0.4) is 0 Å². The summed E-state index contributed by atoms with van der Waals surface area (Å²) in [5, 5.41) is 4.06. The Bertz CT molecular complexity index is 527. The second-order valence-electron chi connectivity index (χ2n) is 3.41. The van der Waals surface area contributed by atoms with E-state index in [0.717, 1.165) is 23.2 Å². The summed E-state index contributed by atoms with van der Waals surface area (Å²) in [6.07, 6.45) is 0.778. The average molecular weight is 220 g/mol. The van der Waals surface area contributed by atoms with Crippen LogP contribution in [0.4, 0.5) is 0 Å². The number of aromatic nitrogens is 2. The van der Waals surface area contributed by atoms with Crippen molar-refractivity contribution >= 4 is 11.3 Å². The predicted molar refractivity (Wildman–Crippen MR) is 62.3 cm³/mol. The first kappa shape index (κ1) is 10.1. The Kier molecular flexibility index (Phi) is 2.68. The maximum Gasteiger partial charge on any atom is 0.251 e. The van der Waals surface area contributed by atoms with Gasteiger partial charge in [-0.05, 0) is 24.3 Å². The fourth-order valence-corrected chi connectivity index (χ4v) is 2.25. The number of rotatable bonds is 2. The molecule has 0 atom stereocenters. The van der Waals surface area contributed by atoms with Crippen LogP contribution in [-0.4, -0.2) is 9.97 Å². The molecule has 0 saturated carbocycles. The molecule has 0 unspecified atom stereocenters. The highest BCUT2D eigenvalue weighted by Gasteiger charge is 2.06. The molecular weight excluding hydrogens is 208 g/mol. The fourth-order valence-electron chi connectivity index (χ4n) is 1.42. The molecule has 15 heavy (non-hydrogen) atoms. The second kappa shape index (κ2) is 3.98.